The number of esters is 2. The minimum Gasteiger partial charge on any atom is -0.468 e. The van der Waals surface area contributed by atoms with Crippen molar-refractivity contribution in [2.24, 2.45) is 11.8 Å². The number of carbonyl (C=O) groups excluding carboxylic acids is 3. The molecular formula is C27H32FNO5. The quantitative estimate of drug-likeness (QED) is 0.391. The highest BCUT2D eigenvalue weighted by Crippen LogP contribution is 2.46. The van der Waals surface area contributed by atoms with Crippen molar-refractivity contribution in [1.29, 1.82) is 0 Å². The lowest BCUT2D eigenvalue weighted by molar-refractivity contribution is -0.151. The normalized spacial score (nSPS) is 25.9. The van der Waals surface area contributed by atoms with Gasteiger partial charge in [0.1, 0.15) is 17.8 Å². The van der Waals surface area contributed by atoms with E-state index in [1.165, 1.54) is 13.2 Å². The van der Waals surface area contributed by atoms with Crippen molar-refractivity contribution in [3.8, 4) is 0 Å². The number of hydrogen-bond acceptors (Lipinski definition) is 6. The molecule has 1 N–H and O–H groups in total. The average Bonchev–Trinajstić information content (AvgIpc) is 3.06. The third-order valence-electron chi connectivity index (χ3n) is 7.26. The third kappa shape index (κ3) is 4.52. The molecule has 1 aliphatic heterocycles. The van der Waals surface area contributed by atoms with Crippen LogP contribution in [0.15, 0.2) is 46.8 Å². The molecule has 1 saturated carbocycles. The molecule has 0 spiro atoms. The fourth-order valence-corrected chi connectivity index (χ4v) is 5.55. The lowest BCUT2D eigenvalue weighted by atomic mass is 9.69. The largest absolute Gasteiger partial charge is 0.468 e. The van der Waals surface area contributed by atoms with Crippen LogP contribution >= 0.6 is 0 Å². The van der Waals surface area contributed by atoms with E-state index in [1.54, 1.807) is 25.1 Å². The summed E-state index contributed by atoms with van der Waals surface area (Å²) in [5.74, 6) is -4.37. The number of hydrogen-bond donors (Lipinski definition) is 1. The van der Waals surface area contributed by atoms with Crippen LogP contribution in [0.2, 0.25) is 0 Å². The minimum absolute atomic E-state index is 0.197. The highest BCUT2D eigenvalue weighted by molar-refractivity contribution is 6.12. The van der Waals surface area contributed by atoms with Crippen molar-refractivity contribution < 1.29 is 28.2 Å². The van der Waals surface area contributed by atoms with Crippen LogP contribution in [0.3, 0.4) is 0 Å². The van der Waals surface area contributed by atoms with Gasteiger partial charge in [0, 0.05) is 22.5 Å². The molecule has 0 aromatic heterocycles. The molecule has 0 bridgehead atoms. The Morgan fingerprint density at radius 2 is 1.76 bits per heavy atom. The van der Waals surface area contributed by atoms with Crippen LogP contribution in [-0.2, 0) is 23.9 Å². The predicted molar refractivity (Wildman–Crippen MR) is 124 cm³/mol. The Morgan fingerprint density at radius 3 is 2.41 bits per heavy atom. The van der Waals surface area contributed by atoms with Crippen molar-refractivity contribution in [3.63, 3.8) is 0 Å². The maximum atomic E-state index is 15.1. The molecule has 34 heavy (non-hydrogen) atoms. The van der Waals surface area contributed by atoms with E-state index < -0.39 is 35.4 Å². The van der Waals surface area contributed by atoms with E-state index >= 15 is 4.39 Å². The Hall–Kier alpha value is -2.96. The summed E-state index contributed by atoms with van der Waals surface area (Å²) in [6, 6.07) is 6.14. The summed E-state index contributed by atoms with van der Waals surface area (Å²) in [6.07, 6.45) is 6.04. The summed E-state index contributed by atoms with van der Waals surface area (Å²) in [4.78, 5) is 39.7. The first kappa shape index (κ1) is 24.2. The van der Waals surface area contributed by atoms with Crippen LogP contribution in [0.4, 0.5) is 4.39 Å². The SMILES string of the molecule is COC(=O)[C@H]1C(=O)C2=C(C[C@H]1C)NC(C)=C(C(=O)OC1CCCCCC1)[C@H]2c1ccccc1F. The van der Waals surface area contributed by atoms with Gasteiger partial charge in [-0.3, -0.25) is 9.59 Å². The first-order valence-electron chi connectivity index (χ1n) is 12.1. The van der Waals surface area contributed by atoms with Gasteiger partial charge in [-0.25, -0.2) is 9.18 Å². The average molecular weight is 470 g/mol. The Bertz CT molecular complexity index is 1050. The summed E-state index contributed by atoms with van der Waals surface area (Å²) in [5, 5.41) is 3.22. The van der Waals surface area contributed by atoms with Gasteiger partial charge in [0.15, 0.2) is 5.78 Å². The smallest absolute Gasteiger partial charge is 0.337 e. The van der Waals surface area contributed by atoms with Gasteiger partial charge in [-0.1, -0.05) is 38.0 Å². The van der Waals surface area contributed by atoms with Crippen LogP contribution in [0.1, 0.15) is 70.3 Å². The zero-order valence-electron chi connectivity index (χ0n) is 20.0. The molecule has 7 heteroatoms. The molecular weight excluding hydrogens is 437 g/mol. The van der Waals surface area contributed by atoms with Crippen LogP contribution in [0.5, 0.6) is 0 Å². The molecule has 2 aliphatic carbocycles. The highest BCUT2D eigenvalue weighted by atomic mass is 19.1. The lowest BCUT2D eigenvalue weighted by Crippen LogP contribution is -2.43. The van der Waals surface area contributed by atoms with Crippen LogP contribution in [0, 0.1) is 17.7 Å². The standard InChI is InChI=1S/C27H32FNO5/c1-15-14-20-24(25(30)21(15)26(31)33-3)23(18-12-8-9-13-19(18)28)22(16(2)29-20)27(32)34-17-10-6-4-5-7-11-17/h8-9,12-13,15,17,21,23,29H,4-7,10-11,14H2,1-3H3/t15-,21-,23-/m1/s1. The summed E-state index contributed by atoms with van der Waals surface area (Å²) < 4.78 is 25.9. The molecule has 6 nitrogen and oxygen atoms in total. The number of ketones is 1. The van der Waals surface area contributed by atoms with Crippen LogP contribution in [0.25, 0.3) is 0 Å². The predicted octanol–water partition coefficient (Wildman–Crippen LogP) is 4.70. The third-order valence-corrected chi connectivity index (χ3v) is 7.26. The van der Waals surface area contributed by atoms with Gasteiger partial charge in [0.05, 0.1) is 18.6 Å². The Morgan fingerprint density at radius 1 is 1.09 bits per heavy atom. The van der Waals surface area contributed by atoms with Gasteiger partial charge in [-0.2, -0.15) is 0 Å². The van der Waals surface area contributed by atoms with Crippen molar-refractivity contribution in [1.82, 2.24) is 5.32 Å². The summed E-state index contributed by atoms with van der Waals surface area (Å²) in [5.41, 5.74) is 1.85. The van der Waals surface area contributed by atoms with E-state index in [9.17, 15) is 14.4 Å². The summed E-state index contributed by atoms with van der Waals surface area (Å²) in [7, 11) is 1.25. The molecule has 0 unspecified atom stereocenters. The van der Waals surface area contributed by atoms with Crippen molar-refractivity contribution in [2.45, 2.75) is 70.8 Å². The fraction of sp³-hybridized carbons (Fsp3) is 0.519. The molecule has 1 aromatic carbocycles. The van der Waals surface area contributed by atoms with Gasteiger partial charge in [-0.15, -0.1) is 0 Å². The molecule has 0 radical (unpaired) electrons. The molecule has 3 aliphatic rings. The fourth-order valence-electron chi connectivity index (χ4n) is 5.55. The molecule has 4 rings (SSSR count). The second-order valence-electron chi connectivity index (χ2n) is 9.58. The maximum Gasteiger partial charge on any atom is 0.337 e. The van der Waals surface area contributed by atoms with E-state index in [-0.39, 0.29) is 28.7 Å². The second kappa shape index (κ2) is 10.1. The van der Waals surface area contributed by atoms with Gasteiger partial charge in [0.25, 0.3) is 0 Å². The lowest BCUT2D eigenvalue weighted by Gasteiger charge is -2.38. The first-order chi connectivity index (χ1) is 16.3. The van der Waals surface area contributed by atoms with Crippen LogP contribution < -0.4 is 5.32 Å². The van der Waals surface area contributed by atoms with Crippen LogP contribution in [-0.4, -0.2) is 30.9 Å². The monoisotopic (exact) mass is 469 g/mol. The zero-order chi connectivity index (χ0) is 24.4. The Labute approximate surface area is 199 Å². The molecule has 0 amide bonds. The molecule has 1 fully saturated rings. The number of halogens is 1. The van der Waals surface area contributed by atoms with Crippen molar-refractivity contribution >= 4 is 17.7 Å². The highest BCUT2D eigenvalue weighted by Gasteiger charge is 2.48. The number of ether oxygens (including phenoxy) is 2. The molecule has 1 heterocycles. The number of dihydropyridines is 1. The number of nitrogens with one attached hydrogen (secondary N) is 1. The number of carbonyl (C=O) groups is 3. The number of Topliss-reactive ketones (excluding diaryl/α,β-unsaturated/α-hetero) is 1. The van der Waals surface area contributed by atoms with Gasteiger partial charge in [0.2, 0.25) is 0 Å². The first-order valence-corrected chi connectivity index (χ1v) is 12.1. The van der Waals surface area contributed by atoms with Gasteiger partial charge in [-0.05, 0) is 51.0 Å². The van der Waals surface area contributed by atoms with E-state index in [0.717, 1.165) is 38.5 Å². The Balaban J connectivity index is 1.78. The van der Waals surface area contributed by atoms with E-state index in [0.29, 0.717) is 17.8 Å². The molecule has 0 saturated heterocycles. The molecule has 1 aromatic rings. The maximum absolute atomic E-state index is 15.1. The molecule has 3 atom stereocenters. The Kier molecular flexibility index (Phi) is 7.19. The number of methoxy groups -OCH3 is 1. The van der Waals surface area contributed by atoms with E-state index in [4.69, 9.17) is 9.47 Å². The summed E-state index contributed by atoms with van der Waals surface area (Å²) >= 11 is 0. The second-order valence-corrected chi connectivity index (χ2v) is 9.58. The minimum atomic E-state index is -1.00. The van der Waals surface area contributed by atoms with Gasteiger partial charge >= 0.3 is 11.9 Å². The van der Waals surface area contributed by atoms with Gasteiger partial charge < -0.3 is 14.8 Å². The summed E-state index contributed by atoms with van der Waals surface area (Å²) in [6.45, 7) is 3.57. The number of benzene rings is 1. The van der Waals surface area contributed by atoms with E-state index in [1.807, 2.05) is 6.92 Å². The number of rotatable bonds is 4. The topological polar surface area (TPSA) is 81.7 Å². The number of allylic oxidation sites excluding steroid dienone is 3. The van der Waals surface area contributed by atoms with Crippen molar-refractivity contribution in [3.05, 3.63) is 58.2 Å². The molecule has 182 valence electrons. The zero-order valence-corrected chi connectivity index (χ0v) is 20.0. The van der Waals surface area contributed by atoms with Crippen molar-refractivity contribution in [2.75, 3.05) is 7.11 Å². The van der Waals surface area contributed by atoms with E-state index in [2.05, 4.69) is 5.32 Å².